The van der Waals surface area contributed by atoms with E-state index < -0.39 is 11.1 Å². The Morgan fingerprint density at radius 2 is 2.08 bits per heavy atom. The summed E-state index contributed by atoms with van der Waals surface area (Å²) in [5.41, 5.74) is 9.80. The van der Waals surface area contributed by atoms with Crippen LogP contribution >= 0.6 is 0 Å². The van der Waals surface area contributed by atoms with Crippen LogP contribution in [-0.2, 0) is 38.5 Å². The lowest BCUT2D eigenvalue weighted by atomic mass is 10.00. The molecule has 0 radical (unpaired) electrons. The van der Waals surface area contributed by atoms with Gasteiger partial charge in [0.25, 0.3) is 0 Å². The Labute approximate surface area is 149 Å². The number of aromatic amines is 1. The molecule has 0 saturated heterocycles. The van der Waals surface area contributed by atoms with Crippen LogP contribution in [0.2, 0.25) is 0 Å². The molecule has 0 aliphatic carbocycles. The summed E-state index contributed by atoms with van der Waals surface area (Å²) >= 11 is -2.08. The van der Waals surface area contributed by atoms with Crippen molar-refractivity contribution in [2.24, 2.45) is 0 Å². The van der Waals surface area contributed by atoms with E-state index in [1.165, 1.54) is 6.07 Å². The van der Waals surface area contributed by atoms with Crippen LogP contribution in [0.5, 0.6) is 0 Å². The Hall–Kier alpha value is -1.71. The summed E-state index contributed by atoms with van der Waals surface area (Å²) in [6, 6.07) is 4.77. The van der Waals surface area contributed by atoms with E-state index in [-0.39, 0.29) is 11.7 Å². The Morgan fingerprint density at radius 3 is 2.76 bits per heavy atom. The highest BCUT2D eigenvalue weighted by Gasteiger charge is 2.17. The molecule has 0 amide bonds. The molecule has 0 bridgehead atoms. The zero-order chi connectivity index (χ0) is 18.2. The van der Waals surface area contributed by atoms with E-state index in [1.807, 2.05) is 13.1 Å². The van der Waals surface area contributed by atoms with Gasteiger partial charge >= 0.3 is 0 Å². The third kappa shape index (κ3) is 5.13. The van der Waals surface area contributed by atoms with Gasteiger partial charge in [-0.15, -0.1) is 0 Å². The van der Waals surface area contributed by atoms with Crippen molar-refractivity contribution in [3.05, 3.63) is 35.7 Å². The second-order valence-corrected chi connectivity index (χ2v) is 6.44. The lowest BCUT2D eigenvalue weighted by molar-refractivity contribution is -0.0610. The van der Waals surface area contributed by atoms with Crippen molar-refractivity contribution in [3.8, 4) is 11.1 Å². The molecule has 0 fully saturated rings. The maximum atomic E-state index is 11.4. The van der Waals surface area contributed by atoms with Crippen molar-refractivity contribution < 1.29 is 23.0 Å². The molecule has 1 aromatic heterocycles. The smallest absolute Gasteiger partial charge is 0.186 e. The summed E-state index contributed by atoms with van der Waals surface area (Å²) < 4.78 is 36.9. The van der Waals surface area contributed by atoms with Gasteiger partial charge in [-0.2, -0.15) is 0 Å². The predicted molar refractivity (Wildman–Crippen MR) is 96.3 cm³/mol. The van der Waals surface area contributed by atoms with Crippen molar-refractivity contribution in [1.82, 2.24) is 4.98 Å². The van der Waals surface area contributed by atoms with E-state index in [0.717, 1.165) is 23.2 Å². The molecule has 2 rings (SSSR count). The number of hydrogen-bond donors (Lipinski definition) is 3. The van der Waals surface area contributed by atoms with Crippen LogP contribution in [0.4, 0.5) is 5.69 Å². The lowest BCUT2D eigenvalue weighted by Gasteiger charge is -2.12. The molecule has 1 unspecified atom stereocenters. The fourth-order valence-corrected chi connectivity index (χ4v) is 2.90. The first kappa shape index (κ1) is 19.6. The van der Waals surface area contributed by atoms with E-state index in [2.05, 4.69) is 4.98 Å². The fraction of sp³-hybridized carbons (Fsp3) is 0.412. The first-order chi connectivity index (χ1) is 12.1. The van der Waals surface area contributed by atoms with Gasteiger partial charge < -0.3 is 29.5 Å². The van der Waals surface area contributed by atoms with Crippen LogP contribution in [0.1, 0.15) is 24.6 Å². The fourth-order valence-electron chi connectivity index (χ4n) is 2.49. The van der Waals surface area contributed by atoms with E-state index in [1.54, 1.807) is 19.2 Å². The van der Waals surface area contributed by atoms with Gasteiger partial charge in [-0.25, -0.2) is 4.21 Å². The number of benzene rings is 1. The maximum Gasteiger partial charge on any atom is 0.186 e. The highest BCUT2D eigenvalue weighted by atomic mass is 32.2. The van der Waals surface area contributed by atoms with Gasteiger partial charge in [0.05, 0.1) is 18.1 Å². The molecular weight excluding hydrogens is 344 g/mol. The van der Waals surface area contributed by atoms with Gasteiger partial charge in [0.15, 0.2) is 11.1 Å². The third-order valence-electron chi connectivity index (χ3n) is 3.60. The number of nitrogens with two attached hydrogens (primary N) is 1. The SMILES string of the molecule is CCCOCOCc1c[nH]c(COC)c1-c1cc(S(=O)O)ccc1N. The Kier molecular flexibility index (Phi) is 7.60. The molecule has 138 valence electrons. The molecule has 8 heteroatoms. The topological polar surface area (TPSA) is 107 Å². The number of anilines is 1. The number of methoxy groups -OCH3 is 1. The minimum Gasteiger partial charge on any atom is -0.398 e. The van der Waals surface area contributed by atoms with Gasteiger partial charge in [-0.05, 0) is 24.6 Å². The van der Waals surface area contributed by atoms with Crippen molar-refractivity contribution in [3.63, 3.8) is 0 Å². The zero-order valence-electron chi connectivity index (χ0n) is 14.4. The van der Waals surface area contributed by atoms with Crippen LogP contribution in [0.25, 0.3) is 11.1 Å². The standard InChI is InChI=1S/C17H24N2O5S/c1-3-6-23-11-24-9-12-8-19-16(10-22-2)17(12)14-7-13(25(20)21)4-5-15(14)18/h4-5,7-8,19H,3,6,9-11,18H2,1-2H3,(H,20,21). The Balaban J connectivity index is 2.32. The molecule has 0 aliphatic heterocycles. The molecule has 1 aromatic carbocycles. The summed E-state index contributed by atoms with van der Waals surface area (Å²) in [5.74, 6) is 0. The molecule has 0 aliphatic rings. The quantitative estimate of drug-likeness (QED) is 0.258. The average molecular weight is 368 g/mol. The van der Waals surface area contributed by atoms with Crippen LogP contribution in [0, 0.1) is 0 Å². The summed E-state index contributed by atoms with van der Waals surface area (Å²) in [6.45, 7) is 3.56. The van der Waals surface area contributed by atoms with Crippen LogP contribution in [0.15, 0.2) is 29.3 Å². The van der Waals surface area contributed by atoms with Gasteiger partial charge in [0.1, 0.15) is 6.79 Å². The molecule has 1 atom stereocenters. The molecule has 4 N–H and O–H groups in total. The van der Waals surface area contributed by atoms with Gasteiger partial charge in [0, 0.05) is 48.0 Å². The summed E-state index contributed by atoms with van der Waals surface area (Å²) in [7, 11) is 1.60. The zero-order valence-corrected chi connectivity index (χ0v) is 15.2. The molecule has 2 aromatic rings. The number of nitrogen functional groups attached to an aromatic ring is 1. The van der Waals surface area contributed by atoms with E-state index in [4.69, 9.17) is 19.9 Å². The van der Waals surface area contributed by atoms with Crippen molar-refractivity contribution >= 4 is 16.8 Å². The van der Waals surface area contributed by atoms with Crippen LogP contribution in [0.3, 0.4) is 0 Å². The first-order valence-corrected chi connectivity index (χ1v) is 9.03. The van der Waals surface area contributed by atoms with E-state index in [9.17, 15) is 8.76 Å². The maximum absolute atomic E-state index is 11.4. The highest BCUT2D eigenvalue weighted by molar-refractivity contribution is 7.79. The number of hydrogen-bond acceptors (Lipinski definition) is 5. The normalized spacial score (nSPS) is 12.4. The predicted octanol–water partition coefficient (Wildman–Crippen LogP) is 2.89. The van der Waals surface area contributed by atoms with Gasteiger partial charge in [-0.1, -0.05) is 6.92 Å². The number of nitrogens with one attached hydrogen (secondary N) is 1. The van der Waals surface area contributed by atoms with Gasteiger partial charge in [-0.3, -0.25) is 0 Å². The molecule has 0 saturated carbocycles. The van der Waals surface area contributed by atoms with E-state index in [0.29, 0.717) is 31.1 Å². The van der Waals surface area contributed by atoms with Crippen LogP contribution in [-0.4, -0.2) is 34.3 Å². The number of H-pyrrole nitrogens is 1. The largest absolute Gasteiger partial charge is 0.398 e. The summed E-state index contributed by atoms with van der Waals surface area (Å²) in [6.07, 6.45) is 2.75. The minimum atomic E-state index is -2.08. The lowest BCUT2D eigenvalue weighted by Crippen LogP contribution is -2.03. The Morgan fingerprint density at radius 1 is 1.28 bits per heavy atom. The van der Waals surface area contributed by atoms with Gasteiger partial charge in [0.2, 0.25) is 0 Å². The molecular formula is C17H24N2O5S. The minimum absolute atomic E-state index is 0.203. The summed E-state index contributed by atoms with van der Waals surface area (Å²) in [5, 5.41) is 0. The summed E-state index contributed by atoms with van der Waals surface area (Å²) in [4.78, 5) is 3.45. The average Bonchev–Trinajstić information content (AvgIpc) is 2.98. The Bertz CT molecular complexity index is 717. The number of ether oxygens (including phenoxy) is 3. The molecule has 1 heterocycles. The second-order valence-electron chi connectivity index (χ2n) is 5.47. The number of aromatic nitrogens is 1. The van der Waals surface area contributed by atoms with Crippen molar-refractivity contribution in [2.75, 3.05) is 26.2 Å². The number of rotatable bonds is 10. The third-order valence-corrected chi connectivity index (χ3v) is 4.26. The highest BCUT2D eigenvalue weighted by Crippen LogP contribution is 2.34. The first-order valence-electron chi connectivity index (χ1n) is 7.92. The molecule has 25 heavy (non-hydrogen) atoms. The molecule has 0 spiro atoms. The monoisotopic (exact) mass is 368 g/mol. The van der Waals surface area contributed by atoms with E-state index >= 15 is 0 Å². The second kappa shape index (κ2) is 9.69. The van der Waals surface area contributed by atoms with Crippen molar-refractivity contribution in [1.29, 1.82) is 0 Å². The molecule has 7 nitrogen and oxygen atoms in total. The van der Waals surface area contributed by atoms with Crippen LogP contribution < -0.4 is 5.73 Å². The van der Waals surface area contributed by atoms with Crippen molar-refractivity contribution in [2.45, 2.75) is 31.5 Å².